The van der Waals surface area contributed by atoms with Crippen molar-refractivity contribution >= 4 is 11.9 Å². The van der Waals surface area contributed by atoms with Crippen LogP contribution in [0.5, 0.6) is 5.75 Å². The first-order chi connectivity index (χ1) is 11.9. The SMILES string of the molecule is COC(=O)CC(NC(=O)c1cc(F)ccc1F)c1ccc(OC)cc1. The smallest absolute Gasteiger partial charge is 0.307 e. The van der Waals surface area contributed by atoms with Crippen molar-refractivity contribution in [2.45, 2.75) is 12.5 Å². The summed E-state index contributed by atoms with van der Waals surface area (Å²) in [5.74, 6) is -2.38. The molecule has 1 N–H and O–H groups in total. The zero-order valence-electron chi connectivity index (χ0n) is 13.7. The number of halogens is 2. The van der Waals surface area contributed by atoms with E-state index < -0.39 is 35.1 Å². The van der Waals surface area contributed by atoms with E-state index in [0.29, 0.717) is 11.3 Å². The third kappa shape index (κ3) is 4.76. The fourth-order valence-corrected chi connectivity index (χ4v) is 2.25. The molecule has 0 bridgehead atoms. The second-order valence-electron chi connectivity index (χ2n) is 5.20. The number of carbonyl (C=O) groups excluding carboxylic acids is 2. The maximum absolute atomic E-state index is 13.8. The fourth-order valence-electron chi connectivity index (χ4n) is 2.25. The molecule has 0 heterocycles. The summed E-state index contributed by atoms with van der Waals surface area (Å²) in [4.78, 5) is 23.9. The average molecular weight is 349 g/mol. The molecular formula is C18H17F2NO4. The van der Waals surface area contributed by atoms with E-state index in [4.69, 9.17) is 4.74 Å². The summed E-state index contributed by atoms with van der Waals surface area (Å²) in [6.45, 7) is 0. The topological polar surface area (TPSA) is 64.6 Å². The van der Waals surface area contributed by atoms with E-state index in [1.807, 2.05) is 0 Å². The molecule has 0 aromatic heterocycles. The molecular weight excluding hydrogens is 332 g/mol. The van der Waals surface area contributed by atoms with Gasteiger partial charge in [0.1, 0.15) is 17.4 Å². The normalized spacial score (nSPS) is 11.5. The number of amides is 1. The predicted octanol–water partition coefficient (Wildman–Crippen LogP) is 3.01. The first kappa shape index (κ1) is 18.4. The van der Waals surface area contributed by atoms with Gasteiger partial charge >= 0.3 is 5.97 Å². The molecule has 1 unspecified atom stereocenters. The van der Waals surface area contributed by atoms with Crippen LogP contribution in [0.2, 0.25) is 0 Å². The second kappa shape index (κ2) is 8.23. The molecule has 1 amide bonds. The minimum Gasteiger partial charge on any atom is -0.497 e. The van der Waals surface area contributed by atoms with E-state index in [1.165, 1.54) is 14.2 Å². The highest BCUT2D eigenvalue weighted by molar-refractivity contribution is 5.95. The summed E-state index contributed by atoms with van der Waals surface area (Å²) >= 11 is 0. The molecule has 5 nitrogen and oxygen atoms in total. The lowest BCUT2D eigenvalue weighted by molar-refractivity contribution is -0.141. The van der Waals surface area contributed by atoms with Crippen LogP contribution in [0, 0.1) is 11.6 Å². The molecule has 7 heteroatoms. The molecule has 0 aliphatic carbocycles. The van der Waals surface area contributed by atoms with Crippen molar-refractivity contribution in [3.63, 3.8) is 0 Å². The molecule has 0 aliphatic heterocycles. The van der Waals surface area contributed by atoms with Crippen LogP contribution in [0.1, 0.15) is 28.4 Å². The Labute approximate surface area is 143 Å². The number of hydrogen-bond donors (Lipinski definition) is 1. The highest BCUT2D eigenvalue weighted by Gasteiger charge is 2.22. The Bertz CT molecular complexity index is 762. The van der Waals surface area contributed by atoms with Gasteiger partial charge in [-0.1, -0.05) is 12.1 Å². The van der Waals surface area contributed by atoms with Gasteiger partial charge in [-0.25, -0.2) is 8.78 Å². The molecule has 0 fully saturated rings. The highest BCUT2D eigenvalue weighted by atomic mass is 19.1. The monoisotopic (exact) mass is 349 g/mol. The van der Waals surface area contributed by atoms with Crippen LogP contribution in [0.15, 0.2) is 42.5 Å². The molecule has 2 rings (SSSR count). The third-order valence-corrected chi connectivity index (χ3v) is 3.59. The number of carbonyl (C=O) groups is 2. The van der Waals surface area contributed by atoms with Crippen molar-refractivity contribution in [1.82, 2.24) is 5.32 Å². The molecule has 0 saturated heterocycles. The van der Waals surface area contributed by atoms with Gasteiger partial charge in [-0.2, -0.15) is 0 Å². The van der Waals surface area contributed by atoms with Crippen LogP contribution in [0.4, 0.5) is 8.78 Å². The molecule has 0 saturated carbocycles. The van der Waals surface area contributed by atoms with Crippen molar-refractivity contribution in [3.05, 3.63) is 65.2 Å². The quantitative estimate of drug-likeness (QED) is 0.815. The lowest BCUT2D eigenvalue weighted by Gasteiger charge is -2.19. The van der Waals surface area contributed by atoms with Crippen LogP contribution in [-0.4, -0.2) is 26.1 Å². The van der Waals surface area contributed by atoms with E-state index in [9.17, 15) is 18.4 Å². The van der Waals surface area contributed by atoms with Crippen molar-refractivity contribution in [2.24, 2.45) is 0 Å². The minimum absolute atomic E-state index is 0.161. The standard InChI is InChI=1S/C18H17F2NO4/c1-24-13-6-3-11(4-7-13)16(10-17(22)25-2)21-18(23)14-9-12(19)5-8-15(14)20/h3-9,16H,10H2,1-2H3,(H,21,23). The molecule has 1 atom stereocenters. The van der Waals surface area contributed by atoms with Gasteiger partial charge in [-0.15, -0.1) is 0 Å². The number of hydrogen-bond acceptors (Lipinski definition) is 4. The lowest BCUT2D eigenvalue weighted by Crippen LogP contribution is -2.31. The first-order valence-corrected chi connectivity index (χ1v) is 7.41. The Balaban J connectivity index is 2.27. The van der Waals surface area contributed by atoms with Gasteiger partial charge < -0.3 is 14.8 Å². The van der Waals surface area contributed by atoms with Crippen LogP contribution in [0.3, 0.4) is 0 Å². The number of ether oxygens (including phenoxy) is 2. The molecule has 2 aromatic rings. The maximum atomic E-state index is 13.8. The number of methoxy groups -OCH3 is 2. The van der Waals surface area contributed by atoms with E-state index >= 15 is 0 Å². The highest BCUT2D eigenvalue weighted by Crippen LogP contribution is 2.22. The average Bonchev–Trinajstić information content (AvgIpc) is 2.63. The van der Waals surface area contributed by atoms with E-state index in [-0.39, 0.29) is 6.42 Å². The molecule has 0 radical (unpaired) electrons. The second-order valence-corrected chi connectivity index (χ2v) is 5.20. The van der Waals surface area contributed by atoms with Gasteiger partial charge in [-0.05, 0) is 35.9 Å². The Morgan fingerprint density at radius 1 is 1.08 bits per heavy atom. The van der Waals surface area contributed by atoms with Gasteiger partial charge in [0, 0.05) is 0 Å². The first-order valence-electron chi connectivity index (χ1n) is 7.41. The van der Waals surface area contributed by atoms with Gasteiger partial charge in [0.25, 0.3) is 5.91 Å². The van der Waals surface area contributed by atoms with Gasteiger partial charge in [0.15, 0.2) is 0 Å². The summed E-state index contributed by atoms with van der Waals surface area (Å²) in [5, 5.41) is 2.53. The van der Waals surface area contributed by atoms with E-state index in [0.717, 1.165) is 18.2 Å². The molecule has 0 spiro atoms. The number of benzene rings is 2. The molecule has 0 aliphatic rings. The molecule has 25 heavy (non-hydrogen) atoms. The van der Waals surface area contributed by atoms with Crippen molar-refractivity contribution in [2.75, 3.05) is 14.2 Å². The predicted molar refractivity (Wildman–Crippen MR) is 86.2 cm³/mol. The van der Waals surface area contributed by atoms with Crippen LogP contribution < -0.4 is 10.1 Å². The van der Waals surface area contributed by atoms with Crippen molar-refractivity contribution < 1.29 is 27.8 Å². The van der Waals surface area contributed by atoms with Crippen LogP contribution in [-0.2, 0) is 9.53 Å². The summed E-state index contributed by atoms with van der Waals surface area (Å²) in [5.41, 5.74) is 0.153. The van der Waals surface area contributed by atoms with Gasteiger partial charge in [0.05, 0.1) is 32.2 Å². The largest absolute Gasteiger partial charge is 0.497 e. The van der Waals surface area contributed by atoms with Crippen LogP contribution in [0.25, 0.3) is 0 Å². The van der Waals surface area contributed by atoms with Gasteiger partial charge in [-0.3, -0.25) is 9.59 Å². The minimum atomic E-state index is -0.856. The van der Waals surface area contributed by atoms with Gasteiger partial charge in [0.2, 0.25) is 0 Å². The Morgan fingerprint density at radius 2 is 1.76 bits per heavy atom. The molecule has 2 aromatic carbocycles. The molecule has 132 valence electrons. The Hall–Kier alpha value is -2.96. The van der Waals surface area contributed by atoms with E-state index in [2.05, 4.69) is 10.1 Å². The lowest BCUT2D eigenvalue weighted by atomic mass is 10.0. The third-order valence-electron chi connectivity index (χ3n) is 3.59. The van der Waals surface area contributed by atoms with Crippen LogP contribution >= 0.6 is 0 Å². The Kier molecular flexibility index (Phi) is 6.05. The summed E-state index contributed by atoms with van der Waals surface area (Å²) in [6.07, 6.45) is -0.161. The van der Waals surface area contributed by atoms with Crippen molar-refractivity contribution in [3.8, 4) is 5.75 Å². The maximum Gasteiger partial charge on any atom is 0.307 e. The zero-order valence-corrected chi connectivity index (χ0v) is 13.7. The Morgan fingerprint density at radius 3 is 2.36 bits per heavy atom. The summed E-state index contributed by atoms with van der Waals surface area (Å²) < 4.78 is 36.7. The van der Waals surface area contributed by atoms with E-state index in [1.54, 1.807) is 24.3 Å². The number of rotatable bonds is 6. The fraction of sp³-hybridized carbons (Fsp3) is 0.222. The summed E-state index contributed by atoms with van der Waals surface area (Å²) in [7, 11) is 2.73. The summed E-state index contributed by atoms with van der Waals surface area (Å²) in [6, 6.07) is 8.46. The number of nitrogens with one attached hydrogen (secondary N) is 1. The zero-order chi connectivity index (χ0) is 18.4. The van der Waals surface area contributed by atoms with Crippen molar-refractivity contribution in [1.29, 1.82) is 0 Å². The number of esters is 1.